The molecule has 3 aromatic heterocycles. The highest BCUT2D eigenvalue weighted by Crippen LogP contribution is 2.32. The van der Waals surface area contributed by atoms with Crippen LogP contribution in [0.5, 0.6) is 11.6 Å². The van der Waals surface area contributed by atoms with Gasteiger partial charge in [0, 0.05) is 42.6 Å². The summed E-state index contributed by atoms with van der Waals surface area (Å²) in [7, 11) is 2.22. The van der Waals surface area contributed by atoms with Gasteiger partial charge in [0.25, 0.3) is 0 Å². The van der Waals surface area contributed by atoms with Crippen LogP contribution in [0.3, 0.4) is 0 Å². The van der Waals surface area contributed by atoms with Crippen molar-refractivity contribution in [1.29, 1.82) is 0 Å². The standard InChI is InChI=1S/C33H33F2N7O2/c1-19-13-30(44-32-25(34)6-3-7-26(32)35)37-16-29(19)42-33(36)24(15-38-42)31(43)28-14-23-22-10-12-41(18-21-5-4-11-40(21)2)17-20(22)8-9-27(23)39-28/h3,6-9,13-16,21,39H,4-5,10-12,17-18,36H2,1-2H3. The number of anilines is 1. The number of likely N-dealkylation sites (tertiary alicyclic amines) is 1. The molecule has 1 saturated heterocycles. The lowest BCUT2D eigenvalue weighted by Crippen LogP contribution is -2.40. The molecule has 3 N–H and O–H groups in total. The third kappa shape index (κ3) is 5.01. The molecule has 11 heteroatoms. The van der Waals surface area contributed by atoms with Gasteiger partial charge in [0.2, 0.25) is 17.4 Å². The number of para-hydroxylation sites is 1. The van der Waals surface area contributed by atoms with E-state index in [2.05, 4.69) is 44.0 Å². The minimum Gasteiger partial charge on any atom is -0.433 e. The van der Waals surface area contributed by atoms with Gasteiger partial charge in [-0.25, -0.2) is 18.4 Å². The van der Waals surface area contributed by atoms with Gasteiger partial charge in [0.15, 0.2) is 11.6 Å². The second kappa shape index (κ2) is 11.1. The second-order valence-electron chi connectivity index (χ2n) is 11.8. The van der Waals surface area contributed by atoms with E-state index in [1.54, 1.807) is 6.92 Å². The van der Waals surface area contributed by atoms with Crippen molar-refractivity contribution in [3.05, 3.63) is 94.4 Å². The summed E-state index contributed by atoms with van der Waals surface area (Å²) in [4.78, 5) is 26.1. The van der Waals surface area contributed by atoms with Crippen molar-refractivity contribution in [2.75, 3.05) is 32.4 Å². The van der Waals surface area contributed by atoms with E-state index < -0.39 is 17.4 Å². The number of nitrogens with one attached hydrogen (secondary N) is 1. The molecule has 1 unspecified atom stereocenters. The topological polar surface area (TPSA) is 105 Å². The maximum atomic E-state index is 14.0. The van der Waals surface area contributed by atoms with Gasteiger partial charge in [-0.15, -0.1) is 0 Å². The molecule has 5 heterocycles. The number of hydrogen-bond acceptors (Lipinski definition) is 7. The number of fused-ring (bicyclic) bond motifs is 3. The lowest BCUT2D eigenvalue weighted by atomic mass is 9.95. The van der Waals surface area contributed by atoms with E-state index in [0.717, 1.165) is 49.1 Å². The normalized spacial score (nSPS) is 17.3. The van der Waals surface area contributed by atoms with Crippen molar-refractivity contribution in [2.24, 2.45) is 0 Å². The number of ether oxygens (including phenoxy) is 1. The number of halogens is 2. The number of aryl methyl sites for hydroxylation is 1. The number of nitrogens with two attached hydrogens (primary N) is 1. The molecule has 7 rings (SSSR count). The van der Waals surface area contributed by atoms with Crippen molar-refractivity contribution in [1.82, 2.24) is 29.5 Å². The fourth-order valence-electron chi connectivity index (χ4n) is 6.48. The molecule has 1 fully saturated rings. The van der Waals surface area contributed by atoms with E-state index in [4.69, 9.17) is 10.5 Å². The molecule has 9 nitrogen and oxygen atoms in total. The first-order valence-electron chi connectivity index (χ1n) is 14.8. The summed E-state index contributed by atoms with van der Waals surface area (Å²) >= 11 is 0. The summed E-state index contributed by atoms with van der Waals surface area (Å²) in [6.07, 6.45) is 6.34. The van der Waals surface area contributed by atoms with Gasteiger partial charge in [-0.3, -0.25) is 9.69 Å². The van der Waals surface area contributed by atoms with Crippen LogP contribution in [-0.4, -0.2) is 68.1 Å². The number of carbonyl (C=O) groups is 1. The smallest absolute Gasteiger partial charge is 0.219 e. The largest absolute Gasteiger partial charge is 0.433 e. The quantitative estimate of drug-likeness (QED) is 0.242. The summed E-state index contributed by atoms with van der Waals surface area (Å²) in [5.74, 6) is -2.30. The predicted molar refractivity (Wildman–Crippen MR) is 163 cm³/mol. The summed E-state index contributed by atoms with van der Waals surface area (Å²) in [6.45, 7) is 5.94. The molecule has 44 heavy (non-hydrogen) atoms. The maximum absolute atomic E-state index is 14.0. The number of pyridine rings is 1. The van der Waals surface area contributed by atoms with E-state index in [1.165, 1.54) is 59.7 Å². The van der Waals surface area contributed by atoms with Gasteiger partial charge in [0.1, 0.15) is 5.82 Å². The van der Waals surface area contributed by atoms with E-state index >= 15 is 0 Å². The van der Waals surface area contributed by atoms with Gasteiger partial charge in [-0.2, -0.15) is 5.10 Å². The van der Waals surface area contributed by atoms with E-state index in [0.29, 0.717) is 23.0 Å². The Balaban J connectivity index is 1.11. The molecule has 1 atom stereocenters. The predicted octanol–water partition coefficient (Wildman–Crippen LogP) is 5.39. The molecule has 0 saturated carbocycles. The number of H-pyrrole nitrogens is 1. The minimum absolute atomic E-state index is 0.00711. The molecule has 0 aliphatic carbocycles. The second-order valence-corrected chi connectivity index (χ2v) is 11.8. The fraction of sp³-hybridized carbons (Fsp3) is 0.303. The number of aromatic nitrogens is 4. The van der Waals surface area contributed by atoms with Crippen LogP contribution in [-0.2, 0) is 13.0 Å². The highest BCUT2D eigenvalue weighted by Gasteiger charge is 2.27. The average molecular weight is 598 g/mol. The van der Waals surface area contributed by atoms with Crippen LogP contribution >= 0.6 is 0 Å². The number of hydrogen-bond donors (Lipinski definition) is 2. The summed E-state index contributed by atoms with van der Waals surface area (Å²) in [5.41, 5.74) is 11.8. The number of aromatic amines is 1. The van der Waals surface area contributed by atoms with Crippen LogP contribution in [0.1, 0.15) is 45.6 Å². The van der Waals surface area contributed by atoms with Crippen LogP contribution in [0.2, 0.25) is 0 Å². The van der Waals surface area contributed by atoms with Gasteiger partial charge in [-0.05, 0) is 80.7 Å². The first kappa shape index (κ1) is 28.2. The molecule has 0 amide bonds. The van der Waals surface area contributed by atoms with Crippen molar-refractivity contribution in [3.63, 3.8) is 0 Å². The monoisotopic (exact) mass is 597 g/mol. The molecule has 2 aliphatic rings. The fourth-order valence-corrected chi connectivity index (χ4v) is 6.48. The highest BCUT2D eigenvalue weighted by molar-refractivity contribution is 6.12. The summed E-state index contributed by atoms with van der Waals surface area (Å²) in [6, 6.07) is 11.8. The number of likely N-dealkylation sites (N-methyl/N-ethyl adjacent to an activating group) is 1. The first-order chi connectivity index (χ1) is 21.3. The highest BCUT2D eigenvalue weighted by atomic mass is 19.1. The van der Waals surface area contributed by atoms with Gasteiger partial charge < -0.3 is 20.4 Å². The van der Waals surface area contributed by atoms with E-state index in [-0.39, 0.29) is 23.0 Å². The summed E-state index contributed by atoms with van der Waals surface area (Å²) in [5, 5.41) is 5.43. The molecular formula is C33H33F2N7O2. The zero-order chi connectivity index (χ0) is 30.5. The Bertz CT molecular complexity index is 1880. The Morgan fingerprint density at radius 3 is 2.70 bits per heavy atom. The van der Waals surface area contributed by atoms with Gasteiger partial charge >= 0.3 is 0 Å². The molecule has 0 radical (unpaired) electrons. The van der Waals surface area contributed by atoms with Crippen molar-refractivity contribution in [3.8, 4) is 17.3 Å². The van der Waals surface area contributed by atoms with Crippen molar-refractivity contribution < 1.29 is 18.3 Å². The Hall–Kier alpha value is -4.61. The molecule has 0 spiro atoms. The Morgan fingerprint density at radius 2 is 1.95 bits per heavy atom. The molecule has 0 bridgehead atoms. The number of rotatable bonds is 7. The zero-order valence-corrected chi connectivity index (χ0v) is 24.6. The molecule has 2 aromatic carbocycles. The van der Waals surface area contributed by atoms with Crippen LogP contribution in [0.15, 0.2) is 54.9 Å². The van der Waals surface area contributed by atoms with E-state index in [9.17, 15) is 13.6 Å². The van der Waals surface area contributed by atoms with Crippen molar-refractivity contribution in [2.45, 2.75) is 38.8 Å². The third-order valence-corrected chi connectivity index (χ3v) is 8.93. The molecule has 2 aliphatic heterocycles. The van der Waals surface area contributed by atoms with Crippen molar-refractivity contribution >= 4 is 22.5 Å². The van der Waals surface area contributed by atoms with Gasteiger partial charge in [-0.1, -0.05) is 12.1 Å². The number of carbonyl (C=O) groups excluding carboxylic acids is 1. The molecular weight excluding hydrogens is 564 g/mol. The van der Waals surface area contributed by atoms with E-state index in [1.807, 2.05) is 6.07 Å². The molecule has 226 valence electrons. The molecule has 5 aromatic rings. The lowest BCUT2D eigenvalue weighted by molar-refractivity contribution is 0.103. The number of benzene rings is 2. The summed E-state index contributed by atoms with van der Waals surface area (Å²) < 4.78 is 34.9. The maximum Gasteiger partial charge on any atom is 0.219 e. The minimum atomic E-state index is -0.834. The average Bonchev–Trinajstić information content (AvgIpc) is 3.73. The Kier molecular flexibility index (Phi) is 7.14. The SMILES string of the molecule is Cc1cc(Oc2c(F)cccc2F)ncc1-n1ncc(C(=O)c2cc3c4c(ccc3[nH]2)CN(CC2CCCN2C)CC4)c1N. The van der Waals surface area contributed by atoms with Gasteiger partial charge in [0.05, 0.1) is 29.3 Å². The Labute approximate surface area is 253 Å². The third-order valence-electron chi connectivity index (χ3n) is 8.93. The van der Waals surface area contributed by atoms with Crippen LogP contribution in [0.4, 0.5) is 14.6 Å². The van der Waals surface area contributed by atoms with Crippen LogP contribution in [0, 0.1) is 18.6 Å². The zero-order valence-electron chi connectivity index (χ0n) is 24.6. The van der Waals surface area contributed by atoms with Crippen LogP contribution in [0.25, 0.3) is 16.6 Å². The lowest BCUT2D eigenvalue weighted by Gasteiger charge is -2.33. The Morgan fingerprint density at radius 1 is 1.14 bits per heavy atom. The number of nitrogens with zero attached hydrogens (tertiary/aromatic N) is 5. The number of ketones is 1. The first-order valence-corrected chi connectivity index (χ1v) is 14.8. The van der Waals surface area contributed by atoms with Crippen LogP contribution < -0.4 is 10.5 Å². The number of nitrogen functional groups attached to an aromatic ring is 1.